The topological polar surface area (TPSA) is 17.1 Å². The SMILES string of the molecule is O=Cc1ccc(Cl)c(-c2ccccc2F)c1. The van der Waals surface area contributed by atoms with Crippen molar-refractivity contribution in [1.82, 2.24) is 0 Å². The fraction of sp³-hybridized carbons (Fsp3) is 0. The molecule has 0 atom stereocenters. The van der Waals surface area contributed by atoms with Crippen molar-refractivity contribution >= 4 is 17.9 Å². The second kappa shape index (κ2) is 4.45. The number of hydrogen-bond donors (Lipinski definition) is 0. The zero-order valence-electron chi connectivity index (χ0n) is 8.28. The maximum Gasteiger partial charge on any atom is 0.150 e. The van der Waals surface area contributed by atoms with Crippen molar-refractivity contribution in [1.29, 1.82) is 0 Å². The maximum atomic E-state index is 13.5. The normalized spacial score (nSPS) is 10.1. The van der Waals surface area contributed by atoms with Crippen molar-refractivity contribution in [3.8, 4) is 11.1 Å². The molecular formula is C13H8ClFO. The van der Waals surface area contributed by atoms with E-state index >= 15 is 0 Å². The van der Waals surface area contributed by atoms with Gasteiger partial charge in [-0.1, -0.05) is 35.9 Å². The fourth-order valence-electron chi connectivity index (χ4n) is 1.50. The molecule has 0 aliphatic rings. The van der Waals surface area contributed by atoms with Crippen LogP contribution in [0.3, 0.4) is 0 Å². The average molecular weight is 235 g/mol. The van der Waals surface area contributed by atoms with Crippen molar-refractivity contribution in [3.05, 3.63) is 58.9 Å². The lowest BCUT2D eigenvalue weighted by Gasteiger charge is -2.06. The van der Waals surface area contributed by atoms with E-state index in [2.05, 4.69) is 0 Å². The van der Waals surface area contributed by atoms with Gasteiger partial charge >= 0.3 is 0 Å². The van der Waals surface area contributed by atoms with Crippen LogP contribution < -0.4 is 0 Å². The minimum Gasteiger partial charge on any atom is -0.298 e. The van der Waals surface area contributed by atoms with Gasteiger partial charge in [-0.05, 0) is 18.2 Å². The van der Waals surface area contributed by atoms with E-state index < -0.39 is 0 Å². The second-order valence-electron chi connectivity index (χ2n) is 3.34. The summed E-state index contributed by atoms with van der Waals surface area (Å²) in [6.07, 6.45) is 0.709. The summed E-state index contributed by atoms with van der Waals surface area (Å²) in [6.45, 7) is 0. The first-order chi connectivity index (χ1) is 7.72. The van der Waals surface area contributed by atoms with Gasteiger partial charge in [-0.25, -0.2) is 4.39 Å². The van der Waals surface area contributed by atoms with E-state index in [0.717, 1.165) is 0 Å². The molecule has 0 saturated heterocycles. The Bertz CT molecular complexity index is 537. The quantitative estimate of drug-likeness (QED) is 0.719. The molecule has 0 N–H and O–H groups in total. The van der Waals surface area contributed by atoms with Crippen LogP contribution in [0.5, 0.6) is 0 Å². The van der Waals surface area contributed by atoms with Crippen molar-refractivity contribution < 1.29 is 9.18 Å². The standard InChI is InChI=1S/C13H8ClFO/c14-12-6-5-9(8-16)7-11(12)10-3-1-2-4-13(10)15/h1-8H. The van der Waals surface area contributed by atoms with E-state index in [-0.39, 0.29) is 5.82 Å². The van der Waals surface area contributed by atoms with Gasteiger partial charge in [-0.15, -0.1) is 0 Å². The molecule has 0 radical (unpaired) electrons. The molecule has 0 aromatic heterocycles. The lowest BCUT2D eigenvalue weighted by Crippen LogP contribution is -1.87. The molecule has 2 aromatic rings. The van der Waals surface area contributed by atoms with E-state index in [0.29, 0.717) is 28.0 Å². The predicted molar refractivity (Wildman–Crippen MR) is 62.2 cm³/mol. The van der Waals surface area contributed by atoms with Gasteiger partial charge in [-0.2, -0.15) is 0 Å². The predicted octanol–water partition coefficient (Wildman–Crippen LogP) is 3.96. The van der Waals surface area contributed by atoms with Crippen LogP contribution in [0.25, 0.3) is 11.1 Å². The van der Waals surface area contributed by atoms with Gasteiger partial charge in [0.15, 0.2) is 0 Å². The Morgan fingerprint density at radius 1 is 1.06 bits per heavy atom. The fourth-order valence-corrected chi connectivity index (χ4v) is 1.72. The zero-order chi connectivity index (χ0) is 11.5. The van der Waals surface area contributed by atoms with Gasteiger partial charge in [0.05, 0.1) is 0 Å². The van der Waals surface area contributed by atoms with Crippen LogP contribution in [-0.4, -0.2) is 6.29 Å². The third-order valence-corrected chi connectivity index (χ3v) is 2.62. The van der Waals surface area contributed by atoms with Gasteiger partial charge < -0.3 is 0 Å². The van der Waals surface area contributed by atoms with Crippen molar-refractivity contribution in [3.63, 3.8) is 0 Å². The molecule has 80 valence electrons. The lowest BCUT2D eigenvalue weighted by atomic mass is 10.0. The highest BCUT2D eigenvalue weighted by atomic mass is 35.5. The van der Waals surface area contributed by atoms with E-state index in [1.54, 1.807) is 36.4 Å². The van der Waals surface area contributed by atoms with E-state index in [4.69, 9.17) is 11.6 Å². The number of carbonyl (C=O) groups excluding carboxylic acids is 1. The number of halogens is 2. The summed E-state index contributed by atoms with van der Waals surface area (Å²) in [5.41, 5.74) is 1.41. The van der Waals surface area contributed by atoms with E-state index in [1.807, 2.05) is 0 Å². The number of carbonyl (C=O) groups is 1. The maximum absolute atomic E-state index is 13.5. The molecule has 0 bridgehead atoms. The third kappa shape index (κ3) is 1.97. The molecule has 2 rings (SSSR count). The molecule has 0 aliphatic carbocycles. The molecule has 3 heteroatoms. The van der Waals surface area contributed by atoms with Crippen molar-refractivity contribution in [2.75, 3.05) is 0 Å². The van der Waals surface area contributed by atoms with Gasteiger partial charge in [0.2, 0.25) is 0 Å². The van der Waals surface area contributed by atoms with Crippen LogP contribution in [0, 0.1) is 5.82 Å². The molecule has 2 aromatic carbocycles. The summed E-state index contributed by atoms with van der Waals surface area (Å²) in [6, 6.07) is 11.1. The number of benzene rings is 2. The van der Waals surface area contributed by atoms with Gasteiger partial charge in [0.25, 0.3) is 0 Å². The van der Waals surface area contributed by atoms with Gasteiger partial charge in [0.1, 0.15) is 12.1 Å². The summed E-state index contributed by atoms with van der Waals surface area (Å²) < 4.78 is 13.5. The Balaban J connectivity index is 2.63. The number of aldehydes is 1. The molecule has 0 amide bonds. The Labute approximate surface area is 97.5 Å². The highest BCUT2D eigenvalue weighted by Gasteiger charge is 2.08. The molecule has 0 saturated carbocycles. The van der Waals surface area contributed by atoms with Crippen LogP contribution in [0.4, 0.5) is 4.39 Å². The Kier molecular flexibility index (Phi) is 3.02. The highest BCUT2D eigenvalue weighted by molar-refractivity contribution is 6.33. The Morgan fingerprint density at radius 3 is 2.50 bits per heavy atom. The summed E-state index contributed by atoms with van der Waals surface area (Å²) in [7, 11) is 0. The zero-order valence-corrected chi connectivity index (χ0v) is 9.04. The smallest absolute Gasteiger partial charge is 0.150 e. The lowest BCUT2D eigenvalue weighted by molar-refractivity contribution is 0.112. The molecule has 0 unspecified atom stereocenters. The molecule has 0 spiro atoms. The van der Waals surface area contributed by atoms with Crippen LogP contribution in [0.15, 0.2) is 42.5 Å². The molecule has 0 fully saturated rings. The largest absolute Gasteiger partial charge is 0.298 e. The summed E-state index contributed by atoms with van der Waals surface area (Å²) in [5.74, 6) is -0.354. The molecule has 0 heterocycles. The number of hydrogen-bond acceptors (Lipinski definition) is 1. The van der Waals surface area contributed by atoms with Gasteiger partial charge in [-0.3, -0.25) is 4.79 Å². The van der Waals surface area contributed by atoms with Gasteiger partial charge in [0, 0.05) is 21.7 Å². The Morgan fingerprint density at radius 2 is 1.81 bits per heavy atom. The van der Waals surface area contributed by atoms with Crippen LogP contribution in [0.1, 0.15) is 10.4 Å². The van der Waals surface area contributed by atoms with E-state index in [9.17, 15) is 9.18 Å². The third-order valence-electron chi connectivity index (χ3n) is 2.29. The summed E-state index contributed by atoms with van der Waals surface area (Å²) in [5, 5.41) is 0.427. The average Bonchev–Trinajstić information content (AvgIpc) is 2.31. The number of rotatable bonds is 2. The first-order valence-corrected chi connectivity index (χ1v) is 5.10. The monoisotopic (exact) mass is 234 g/mol. The second-order valence-corrected chi connectivity index (χ2v) is 3.74. The Hall–Kier alpha value is -1.67. The van der Waals surface area contributed by atoms with E-state index in [1.165, 1.54) is 6.07 Å². The van der Waals surface area contributed by atoms with Crippen LogP contribution in [0.2, 0.25) is 5.02 Å². The van der Waals surface area contributed by atoms with Crippen LogP contribution in [-0.2, 0) is 0 Å². The molecular weight excluding hydrogens is 227 g/mol. The first-order valence-electron chi connectivity index (χ1n) is 4.72. The molecule has 16 heavy (non-hydrogen) atoms. The molecule has 1 nitrogen and oxygen atoms in total. The van der Waals surface area contributed by atoms with Crippen molar-refractivity contribution in [2.24, 2.45) is 0 Å². The first kappa shape index (κ1) is 10.8. The molecule has 0 aliphatic heterocycles. The summed E-state index contributed by atoms with van der Waals surface area (Å²) >= 11 is 5.98. The minimum atomic E-state index is -0.354. The summed E-state index contributed by atoms with van der Waals surface area (Å²) in [4.78, 5) is 10.6. The van der Waals surface area contributed by atoms with Crippen molar-refractivity contribution in [2.45, 2.75) is 0 Å². The highest BCUT2D eigenvalue weighted by Crippen LogP contribution is 2.30. The minimum absolute atomic E-state index is 0.354. The van der Waals surface area contributed by atoms with Crippen LogP contribution >= 0.6 is 11.6 Å².